The lowest BCUT2D eigenvalue weighted by molar-refractivity contribution is -0.115. The lowest BCUT2D eigenvalue weighted by Crippen LogP contribution is -2.32. The molecule has 0 atom stereocenters. The van der Waals surface area contributed by atoms with E-state index in [4.69, 9.17) is 0 Å². The summed E-state index contributed by atoms with van der Waals surface area (Å²) in [5, 5.41) is 5.99. The topological polar surface area (TPSA) is 44.4 Å². The van der Waals surface area contributed by atoms with Gasteiger partial charge < -0.3 is 15.5 Å². The molecule has 0 fully saturated rings. The number of hydrogen-bond acceptors (Lipinski definition) is 3. The summed E-state index contributed by atoms with van der Waals surface area (Å²) in [5.74, 6) is -0.0204. The number of amides is 1. The van der Waals surface area contributed by atoms with Crippen LogP contribution >= 0.6 is 0 Å². The van der Waals surface area contributed by atoms with Crippen molar-refractivity contribution in [1.82, 2.24) is 5.32 Å². The molecule has 0 heterocycles. The third-order valence-electron chi connectivity index (χ3n) is 2.33. The fourth-order valence-electron chi connectivity index (χ4n) is 1.46. The Labute approximate surface area is 103 Å². The highest BCUT2D eigenvalue weighted by Gasteiger charge is 2.07. The number of hydrogen-bond donors (Lipinski definition) is 2. The van der Waals surface area contributed by atoms with Crippen LogP contribution in [0.25, 0.3) is 0 Å². The average Bonchev–Trinajstić information content (AvgIpc) is 2.27. The van der Waals surface area contributed by atoms with Gasteiger partial charge in [0, 0.05) is 20.1 Å². The fourth-order valence-corrected chi connectivity index (χ4v) is 1.46. The highest BCUT2D eigenvalue weighted by Crippen LogP contribution is 2.22. The Morgan fingerprint density at radius 2 is 1.94 bits per heavy atom. The standard InChI is InChI=1S/C13H21N3O/c1-10(2)14-9-13(17)15-11-7-5-6-8-12(11)16(3)4/h5-8,10,14H,9H2,1-4H3,(H,15,17). The van der Waals surface area contributed by atoms with E-state index in [2.05, 4.69) is 10.6 Å². The molecule has 1 rings (SSSR count). The van der Waals surface area contributed by atoms with E-state index < -0.39 is 0 Å². The van der Waals surface area contributed by atoms with Gasteiger partial charge >= 0.3 is 0 Å². The van der Waals surface area contributed by atoms with Crippen molar-refractivity contribution in [3.8, 4) is 0 Å². The average molecular weight is 235 g/mol. The summed E-state index contributed by atoms with van der Waals surface area (Å²) < 4.78 is 0. The minimum atomic E-state index is -0.0204. The third-order valence-corrected chi connectivity index (χ3v) is 2.33. The van der Waals surface area contributed by atoms with Crippen molar-refractivity contribution in [3.63, 3.8) is 0 Å². The molecule has 0 aliphatic rings. The van der Waals surface area contributed by atoms with E-state index in [1.54, 1.807) is 0 Å². The van der Waals surface area contributed by atoms with E-state index in [0.717, 1.165) is 11.4 Å². The molecule has 1 amide bonds. The van der Waals surface area contributed by atoms with Crippen molar-refractivity contribution in [2.75, 3.05) is 30.9 Å². The molecule has 4 nitrogen and oxygen atoms in total. The minimum Gasteiger partial charge on any atom is -0.376 e. The van der Waals surface area contributed by atoms with Crippen molar-refractivity contribution >= 4 is 17.3 Å². The van der Waals surface area contributed by atoms with Crippen LogP contribution in [0.4, 0.5) is 11.4 Å². The van der Waals surface area contributed by atoms with Crippen molar-refractivity contribution in [2.45, 2.75) is 19.9 Å². The van der Waals surface area contributed by atoms with Gasteiger partial charge in [-0.1, -0.05) is 26.0 Å². The van der Waals surface area contributed by atoms with Gasteiger partial charge in [-0.3, -0.25) is 4.79 Å². The van der Waals surface area contributed by atoms with Gasteiger partial charge in [0.1, 0.15) is 0 Å². The highest BCUT2D eigenvalue weighted by atomic mass is 16.1. The largest absolute Gasteiger partial charge is 0.376 e. The van der Waals surface area contributed by atoms with E-state index in [1.807, 2.05) is 57.1 Å². The molecular formula is C13H21N3O. The van der Waals surface area contributed by atoms with E-state index in [-0.39, 0.29) is 5.91 Å². The zero-order valence-electron chi connectivity index (χ0n) is 10.9. The summed E-state index contributed by atoms with van der Waals surface area (Å²) in [5.41, 5.74) is 1.85. The Bertz CT molecular complexity index is 375. The highest BCUT2D eigenvalue weighted by molar-refractivity contribution is 5.95. The molecular weight excluding hydrogens is 214 g/mol. The monoisotopic (exact) mass is 235 g/mol. The maximum Gasteiger partial charge on any atom is 0.238 e. The second-order valence-corrected chi connectivity index (χ2v) is 4.50. The number of nitrogens with one attached hydrogen (secondary N) is 2. The summed E-state index contributed by atoms with van der Waals surface area (Å²) in [6.07, 6.45) is 0. The first-order valence-electron chi connectivity index (χ1n) is 5.80. The van der Waals surface area contributed by atoms with Gasteiger partial charge in [0.25, 0.3) is 0 Å². The molecule has 0 radical (unpaired) electrons. The number of carbonyl (C=O) groups excluding carboxylic acids is 1. The quantitative estimate of drug-likeness (QED) is 0.816. The Morgan fingerprint density at radius 1 is 1.29 bits per heavy atom. The van der Waals surface area contributed by atoms with Crippen molar-refractivity contribution in [2.24, 2.45) is 0 Å². The third kappa shape index (κ3) is 4.44. The second-order valence-electron chi connectivity index (χ2n) is 4.50. The predicted octanol–water partition coefficient (Wildman–Crippen LogP) is 1.69. The van der Waals surface area contributed by atoms with Crippen molar-refractivity contribution < 1.29 is 4.79 Å². The molecule has 0 saturated carbocycles. The van der Waals surface area contributed by atoms with Gasteiger partial charge in [-0.25, -0.2) is 0 Å². The molecule has 1 aromatic carbocycles. The number of rotatable bonds is 5. The van der Waals surface area contributed by atoms with Crippen LogP contribution in [0.1, 0.15) is 13.8 Å². The number of anilines is 2. The first-order valence-corrected chi connectivity index (χ1v) is 5.80. The van der Waals surface area contributed by atoms with E-state index >= 15 is 0 Å². The van der Waals surface area contributed by atoms with E-state index in [1.165, 1.54) is 0 Å². The molecule has 17 heavy (non-hydrogen) atoms. The van der Waals surface area contributed by atoms with E-state index in [9.17, 15) is 4.79 Å². The smallest absolute Gasteiger partial charge is 0.238 e. The minimum absolute atomic E-state index is 0.0204. The summed E-state index contributed by atoms with van der Waals surface area (Å²) >= 11 is 0. The Hall–Kier alpha value is -1.55. The molecule has 0 bridgehead atoms. The molecule has 0 unspecified atom stereocenters. The molecule has 1 aromatic rings. The Kier molecular flexibility index (Phi) is 4.97. The van der Waals surface area contributed by atoms with Crippen LogP contribution in [0, 0.1) is 0 Å². The normalized spacial score (nSPS) is 10.4. The number of para-hydroxylation sites is 2. The Balaban J connectivity index is 2.65. The van der Waals surface area contributed by atoms with Gasteiger partial charge in [0.2, 0.25) is 5.91 Å². The summed E-state index contributed by atoms with van der Waals surface area (Å²) in [6, 6.07) is 8.06. The van der Waals surface area contributed by atoms with Crippen LogP contribution in [0.15, 0.2) is 24.3 Å². The maximum absolute atomic E-state index is 11.7. The lowest BCUT2D eigenvalue weighted by Gasteiger charge is -2.18. The molecule has 4 heteroatoms. The number of nitrogens with zero attached hydrogens (tertiary/aromatic N) is 1. The van der Waals surface area contributed by atoms with Crippen LogP contribution in [-0.4, -0.2) is 32.6 Å². The van der Waals surface area contributed by atoms with Crippen LogP contribution in [0.2, 0.25) is 0 Å². The lowest BCUT2D eigenvalue weighted by atomic mass is 10.2. The maximum atomic E-state index is 11.7. The first-order chi connectivity index (χ1) is 8.00. The van der Waals surface area contributed by atoms with Crippen LogP contribution < -0.4 is 15.5 Å². The van der Waals surface area contributed by atoms with Crippen molar-refractivity contribution in [3.05, 3.63) is 24.3 Å². The van der Waals surface area contributed by atoms with Crippen molar-refractivity contribution in [1.29, 1.82) is 0 Å². The zero-order valence-corrected chi connectivity index (χ0v) is 10.9. The summed E-state index contributed by atoms with van der Waals surface area (Å²) in [4.78, 5) is 13.7. The van der Waals surface area contributed by atoms with Crippen LogP contribution in [0.5, 0.6) is 0 Å². The summed E-state index contributed by atoms with van der Waals surface area (Å²) in [6.45, 7) is 4.36. The first kappa shape index (κ1) is 13.5. The molecule has 0 aliphatic heterocycles. The van der Waals surface area contributed by atoms with Gasteiger partial charge in [0.15, 0.2) is 0 Å². The Morgan fingerprint density at radius 3 is 2.53 bits per heavy atom. The van der Waals surface area contributed by atoms with Gasteiger partial charge in [-0.2, -0.15) is 0 Å². The summed E-state index contributed by atoms with van der Waals surface area (Å²) in [7, 11) is 3.91. The zero-order chi connectivity index (χ0) is 12.8. The molecule has 0 saturated heterocycles. The number of carbonyl (C=O) groups is 1. The SMILES string of the molecule is CC(C)NCC(=O)Nc1ccccc1N(C)C. The molecule has 0 aromatic heterocycles. The number of benzene rings is 1. The predicted molar refractivity (Wildman–Crippen MR) is 72.5 cm³/mol. The molecule has 0 aliphatic carbocycles. The van der Waals surface area contributed by atoms with E-state index in [0.29, 0.717) is 12.6 Å². The molecule has 0 spiro atoms. The fraction of sp³-hybridized carbons (Fsp3) is 0.462. The van der Waals surface area contributed by atoms with Gasteiger partial charge in [0.05, 0.1) is 17.9 Å². The van der Waals surface area contributed by atoms with Gasteiger partial charge in [-0.05, 0) is 12.1 Å². The second kappa shape index (κ2) is 6.25. The van der Waals surface area contributed by atoms with Gasteiger partial charge in [-0.15, -0.1) is 0 Å². The molecule has 94 valence electrons. The van der Waals surface area contributed by atoms with Crippen LogP contribution in [0.3, 0.4) is 0 Å². The van der Waals surface area contributed by atoms with Crippen LogP contribution in [-0.2, 0) is 4.79 Å². The molecule has 2 N–H and O–H groups in total.